The first-order chi connectivity index (χ1) is 13.7. The SMILES string of the molecule is CC(=O)c1ccc2c(C(=O)OCC[N+](C)(C)CCN(C)C)c3ccccn3c2c1. The highest BCUT2D eigenvalue weighted by atomic mass is 16.5. The van der Waals surface area contributed by atoms with E-state index in [4.69, 9.17) is 4.74 Å². The van der Waals surface area contributed by atoms with E-state index >= 15 is 0 Å². The summed E-state index contributed by atoms with van der Waals surface area (Å²) < 4.78 is 8.40. The van der Waals surface area contributed by atoms with Gasteiger partial charge in [-0.05, 0) is 39.2 Å². The molecule has 0 aliphatic rings. The van der Waals surface area contributed by atoms with Crippen molar-refractivity contribution in [2.24, 2.45) is 0 Å². The van der Waals surface area contributed by atoms with Crippen LogP contribution in [0.5, 0.6) is 0 Å². The molecule has 0 amide bonds. The average molecular weight is 397 g/mol. The van der Waals surface area contributed by atoms with Gasteiger partial charge in [-0.3, -0.25) is 4.79 Å². The van der Waals surface area contributed by atoms with Crippen molar-refractivity contribution < 1.29 is 18.8 Å². The van der Waals surface area contributed by atoms with E-state index in [1.165, 1.54) is 0 Å². The lowest BCUT2D eigenvalue weighted by atomic mass is 10.1. The van der Waals surface area contributed by atoms with Gasteiger partial charge in [-0.1, -0.05) is 18.2 Å². The quantitative estimate of drug-likeness (QED) is 0.334. The minimum Gasteiger partial charge on any atom is -0.456 e. The molecule has 6 nitrogen and oxygen atoms in total. The molecule has 2 heterocycles. The highest BCUT2D eigenvalue weighted by Crippen LogP contribution is 2.28. The third kappa shape index (κ3) is 4.66. The molecule has 0 aliphatic heterocycles. The van der Waals surface area contributed by atoms with E-state index in [0.717, 1.165) is 40.5 Å². The standard InChI is InChI=1S/C23H30N3O3/c1-17(27)18-9-10-19-21(16-18)25-11-7-6-8-20(25)22(19)23(28)29-15-14-26(4,5)13-12-24(2)3/h6-11,16H,12-15H2,1-5H3/q+1. The maximum atomic E-state index is 13.0. The number of nitrogens with zero attached hydrogens (tertiary/aromatic N) is 3. The fraction of sp³-hybridized carbons (Fsp3) is 0.391. The highest BCUT2D eigenvalue weighted by Gasteiger charge is 2.22. The Hall–Kier alpha value is -2.70. The molecule has 154 valence electrons. The Balaban J connectivity index is 1.85. The van der Waals surface area contributed by atoms with Crippen LogP contribution in [-0.4, -0.2) is 80.0 Å². The number of aromatic nitrogens is 1. The predicted octanol–water partition coefficient (Wildman–Crippen LogP) is 3.09. The van der Waals surface area contributed by atoms with Crippen molar-refractivity contribution in [2.45, 2.75) is 6.92 Å². The molecule has 0 N–H and O–H groups in total. The predicted molar refractivity (Wildman–Crippen MR) is 116 cm³/mol. The molecule has 2 aromatic heterocycles. The average Bonchev–Trinajstić information content (AvgIpc) is 3.00. The van der Waals surface area contributed by atoms with Crippen molar-refractivity contribution in [3.05, 3.63) is 53.7 Å². The first-order valence-electron chi connectivity index (χ1n) is 9.87. The van der Waals surface area contributed by atoms with Gasteiger partial charge in [-0.2, -0.15) is 0 Å². The minimum absolute atomic E-state index is 0.000341. The minimum atomic E-state index is -0.327. The lowest BCUT2D eigenvalue weighted by molar-refractivity contribution is -0.889. The number of benzene rings is 1. The van der Waals surface area contributed by atoms with Crippen LogP contribution in [0.1, 0.15) is 27.6 Å². The number of rotatable bonds is 8. The molecule has 0 saturated heterocycles. The molecule has 1 aromatic carbocycles. The molecule has 0 spiro atoms. The molecule has 3 rings (SSSR count). The number of hydrogen-bond acceptors (Lipinski definition) is 4. The fourth-order valence-corrected chi connectivity index (χ4v) is 3.41. The lowest BCUT2D eigenvalue weighted by Gasteiger charge is -2.30. The van der Waals surface area contributed by atoms with Crippen LogP contribution in [0.2, 0.25) is 0 Å². The van der Waals surface area contributed by atoms with Gasteiger partial charge in [0.1, 0.15) is 13.2 Å². The fourth-order valence-electron chi connectivity index (χ4n) is 3.41. The van der Waals surface area contributed by atoms with Crippen LogP contribution < -0.4 is 0 Å². The second-order valence-electron chi connectivity index (χ2n) is 8.44. The molecule has 3 aromatic rings. The Kier molecular flexibility index (Phi) is 6.05. The molecule has 0 unspecified atom stereocenters. The third-order valence-electron chi connectivity index (χ3n) is 5.34. The number of Topliss-reactive ketones (excluding diaryl/α,β-unsaturated/α-hetero) is 1. The van der Waals surface area contributed by atoms with E-state index in [1.54, 1.807) is 13.0 Å². The number of hydrogen-bond donors (Lipinski definition) is 0. The van der Waals surface area contributed by atoms with Crippen molar-refractivity contribution >= 4 is 28.2 Å². The number of carbonyl (C=O) groups is 2. The van der Waals surface area contributed by atoms with Crippen LogP contribution in [0.3, 0.4) is 0 Å². The summed E-state index contributed by atoms with van der Waals surface area (Å²) in [7, 11) is 8.40. The molecule has 29 heavy (non-hydrogen) atoms. The lowest BCUT2D eigenvalue weighted by Crippen LogP contribution is -2.46. The molecule has 0 fully saturated rings. The molecular formula is C23H30N3O3+. The van der Waals surface area contributed by atoms with E-state index in [-0.39, 0.29) is 11.8 Å². The Bertz CT molecular complexity index is 1050. The van der Waals surface area contributed by atoms with Gasteiger partial charge < -0.3 is 18.5 Å². The third-order valence-corrected chi connectivity index (χ3v) is 5.34. The van der Waals surface area contributed by atoms with Crippen molar-refractivity contribution in [1.29, 1.82) is 0 Å². The van der Waals surface area contributed by atoms with Crippen molar-refractivity contribution in [1.82, 2.24) is 9.30 Å². The summed E-state index contributed by atoms with van der Waals surface area (Å²) in [6, 6.07) is 11.2. The number of esters is 1. The van der Waals surface area contributed by atoms with Crippen LogP contribution >= 0.6 is 0 Å². The Labute approximate surface area is 171 Å². The smallest absolute Gasteiger partial charge is 0.341 e. The summed E-state index contributed by atoms with van der Waals surface area (Å²) in [5.41, 5.74) is 2.80. The van der Waals surface area contributed by atoms with Gasteiger partial charge in [0.05, 0.1) is 37.2 Å². The van der Waals surface area contributed by atoms with Crippen LogP contribution in [-0.2, 0) is 4.74 Å². The number of fused-ring (bicyclic) bond motifs is 3. The van der Waals surface area contributed by atoms with Crippen LogP contribution in [0.4, 0.5) is 0 Å². The molecule has 0 saturated carbocycles. The molecule has 0 aliphatic carbocycles. The zero-order valence-electron chi connectivity index (χ0n) is 17.9. The summed E-state index contributed by atoms with van der Waals surface area (Å²) >= 11 is 0. The number of quaternary nitrogens is 1. The van der Waals surface area contributed by atoms with Gasteiger partial charge in [-0.15, -0.1) is 0 Å². The van der Waals surface area contributed by atoms with Crippen LogP contribution in [0.15, 0.2) is 42.6 Å². The topological polar surface area (TPSA) is 51.0 Å². The van der Waals surface area contributed by atoms with E-state index in [2.05, 4.69) is 33.1 Å². The van der Waals surface area contributed by atoms with Gasteiger partial charge in [0.25, 0.3) is 0 Å². The summed E-state index contributed by atoms with van der Waals surface area (Å²) in [4.78, 5) is 26.9. The summed E-state index contributed by atoms with van der Waals surface area (Å²) in [5.74, 6) is -0.327. The summed E-state index contributed by atoms with van der Waals surface area (Å²) in [6.45, 7) is 4.61. The zero-order chi connectivity index (χ0) is 21.2. The highest BCUT2D eigenvalue weighted by molar-refractivity contribution is 6.12. The maximum Gasteiger partial charge on any atom is 0.341 e. The summed E-state index contributed by atoms with van der Waals surface area (Å²) in [6.07, 6.45) is 1.90. The van der Waals surface area contributed by atoms with Gasteiger partial charge in [0, 0.05) is 23.7 Å². The van der Waals surface area contributed by atoms with Gasteiger partial charge in [0.15, 0.2) is 5.78 Å². The van der Waals surface area contributed by atoms with E-state index in [1.807, 2.05) is 40.9 Å². The normalized spacial score (nSPS) is 12.1. The molecule has 6 heteroatoms. The Morgan fingerprint density at radius 2 is 1.83 bits per heavy atom. The molecule has 0 atom stereocenters. The second-order valence-corrected chi connectivity index (χ2v) is 8.44. The Morgan fingerprint density at radius 1 is 1.07 bits per heavy atom. The van der Waals surface area contributed by atoms with E-state index < -0.39 is 0 Å². The number of ketones is 1. The molecule has 0 bridgehead atoms. The van der Waals surface area contributed by atoms with Gasteiger partial charge in [0.2, 0.25) is 0 Å². The second kappa shape index (κ2) is 8.35. The van der Waals surface area contributed by atoms with Gasteiger partial charge in [-0.25, -0.2) is 4.79 Å². The number of likely N-dealkylation sites (N-methyl/N-ethyl adjacent to an activating group) is 2. The van der Waals surface area contributed by atoms with Crippen LogP contribution in [0.25, 0.3) is 16.4 Å². The largest absolute Gasteiger partial charge is 0.456 e. The monoisotopic (exact) mass is 396 g/mol. The maximum absolute atomic E-state index is 13.0. The van der Waals surface area contributed by atoms with Crippen LogP contribution in [0, 0.1) is 0 Å². The summed E-state index contributed by atoms with van der Waals surface area (Å²) in [5, 5.41) is 0.799. The van der Waals surface area contributed by atoms with E-state index in [0.29, 0.717) is 17.7 Å². The van der Waals surface area contributed by atoms with Gasteiger partial charge >= 0.3 is 5.97 Å². The van der Waals surface area contributed by atoms with Crippen molar-refractivity contribution in [2.75, 3.05) is 54.4 Å². The number of carbonyl (C=O) groups excluding carboxylic acids is 2. The Morgan fingerprint density at radius 3 is 2.52 bits per heavy atom. The van der Waals surface area contributed by atoms with Crippen molar-refractivity contribution in [3.8, 4) is 0 Å². The molecule has 0 radical (unpaired) electrons. The van der Waals surface area contributed by atoms with E-state index in [9.17, 15) is 9.59 Å². The number of pyridine rings is 1. The first kappa shape index (κ1) is 21.0. The molecular weight excluding hydrogens is 366 g/mol. The van der Waals surface area contributed by atoms with Crippen molar-refractivity contribution in [3.63, 3.8) is 0 Å². The number of ether oxygens (including phenoxy) is 1. The first-order valence-corrected chi connectivity index (χ1v) is 9.87. The zero-order valence-corrected chi connectivity index (χ0v) is 17.9.